The van der Waals surface area contributed by atoms with Crippen LogP contribution >= 0.6 is 0 Å². The van der Waals surface area contributed by atoms with Gasteiger partial charge < -0.3 is 10.0 Å². The molecule has 1 N–H and O–H groups in total. The predicted octanol–water partition coefficient (Wildman–Crippen LogP) is 1.15. The fourth-order valence-corrected chi connectivity index (χ4v) is 2.65. The molecule has 5 nitrogen and oxygen atoms in total. The molecule has 2 atom stereocenters. The number of carboxylic acid groups (broad SMARTS) is 1. The number of carboxylic acids is 1. The van der Waals surface area contributed by atoms with Crippen LogP contribution in [0.25, 0.3) is 0 Å². The van der Waals surface area contributed by atoms with Crippen LogP contribution in [0.3, 0.4) is 0 Å². The third kappa shape index (κ3) is 3.10. The maximum atomic E-state index is 11.0. The van der Waals surface area contributed by atoms with Crippen molar-refractivity contribution in [2.45, 2.75) is 32.2 Å². The fraction of sp³-hybridized carbons (Fsp3) is 0.692. The van der Waals surface area contributed by atoms with Crippen LogP contribution in [0.15, 0.2) is 12.4 Å². The molecule has 0 aliphatic carbocycles. The number of likely N-dealkylation sites (tertiary alicyclic amines) is 1. The van der Waals surface area contributed by atoms with Crippen LogP contribution < -0.4 is 0 Å². The average molecular weight is 251 g/mol. The molecule has 1 fully saturated rings. The topological polar surface area (TPSA) is 58.4 Å². The van der Waals surface area contributed by atoms with Gasteiger partial charge in [0.15, 0.2) is 0 Å². The lowest BCUT2D eigenvalue weighted by Gasteiger charge is -2.36. The molecular weight excluding hydrogens is 230 g/mol. The maximum Gasteiger partial charge on any atom is 0.306 e. The summed E-state index contributed by atoms with van der Waals surface area (Å²) in [6.07, 6.45) is 6.45. The number of hydrogen-bond acceptors (Lipinski definition) is 3. The van der Waals surface area contributed by atoms with E-state index in [1.165, 1.54) is 5.56 Å². The van der Waals surface area contributed by atoms with Gasteiger partial charge in [-0.3, -0.25) is 9.48 Å². The highest BCUT2D eigenvalue weighted by molar-refractivity contribution is 5.70. The van der Waals surface area contributed by atoms with Crippen LogP contribution in [0.1, 0.15) is 25.3 Å². The molecule has 1 saturated heterocycles. The van der Waals surface area contributed by atoms with Gasteiger partial charge in [0.05, 0.1) is 12.1 Å². The van der Waals surface area contributed by atoms with Crippen molar-refractivity contribution in [2.75, 3.05) is 13.1 Å². The van der Waals surface area contributed by atoms with Gasteiger partial charge in [0.1, 0.15) is 0 Å². The van der Waals surface area contributed by atoms with Crippen LogP contribution in [0, 0.1) is 5.92 Å². The SMILES string of the molecule is CC1CC(C(=O)O)CCN1CCc1cnn(C)c1. The van der Waals surface area contributed by atoms with Crippen molar-refractivity contribution < 1.29 is 9.90 Å². The minimum atomic E-state index is -0.645. The molecule has 1 aliphatic heterocycles. The Labute approximate surface area is 107 Å². The first-order chi connectivity index (χ1) is 8.56. The number of aryl methyl sites for hydroxylation is 1. The zero-order valence-corrected chi connectivity index (χ0v) is 11.0. The lowest BCUT2D eigenvalue weighted by molar-refractivity contribution is -0.144. The van der Waals surface area contributed by atoms with Gasteiger partial charge >= 0.3 is 5.97 Å². The molecule has 5 heteroatoms. The Hall–Kier alpha value is -1.36. The van der Waals surface area contributed by atoms with Crippen LogP contribution in [-0.4, -0.2) is 44.9 Å². The van der Waals surface area contributed by atoms with Crippen molar-refractivity contribution in [3.63, 3.8) is 0 Å². The van der Waals surface area contributed by atoms with Crippen LogP contribution in [-0.2, 0) is 18.3 Å². The van der Waals surface area contributed by atoms with Gasteiger partial charge in [0, 0.05) is 25.8 Å². The highest BCUT2D eigenvalue weighted by Gasteiger charge is 2.29. The standard InChI is InChI=1S/C13H21N3O2/c1-10-7-12(13(17)18)4-6-16(10)5-3-11-8-14-15(2)9-11/h8-10,12H,3-7H2,1-2H3,(H,17,18). The Morgan fingerprint density at radius 2 is 2.39 bits per heavy atom. The van der Waals surface area contributed by atoms with Gasteiger partial charge in [-0.05, 0) is 38.3 Å². The Kier molecular flexibility index (Phi) is 4.01. The predicted molar refractivity (Wildman–Crippen MR) is 68.3 cm³/mol. The lowest BCUT2D eigenvalue weighted by atomic mass is 9.91. The summed E-state index contributed by atoms with van der Waals surface area (Å²) in [6, 6.07) is 0.358. The first kappa shape index (κ1) is 13.1. The third-order valence-electron chi connectivity index (χ3n) is 3.81. The highest BCUT2D eigenvalue weighted by atomic mass is 16.4. The highest BCUT2D eigenvalue weighted by Crippen LogP contribution is 2.23. The van der Waals surface area contributed by atoms with E-state index >= 15 is 0 Å². The van der Waals surface area contributed by atoms with Crippen LogP contribution in [0.2, 0.25) is 0 Å². The second kappa shape index (κ2) is 5.52. The zero-order valence-electron chi connectivity index (χ0n) is 11.0. The summed E-state index contributed by atoms with van der Waals surface area (Å²) in [7, 11) is 1.92. The number of aliphatic carboxylic acids is 1. The first-order valence-corrected chi connectivity index (χ1v) is 6.50. The van der Waals surface area contributed by atoms with Gasteiger partial charge in [-0.15, -0.1) is 0 Å². The van der Waals surface area contributed by atoms with Crippen molar-refractivity contribution in [1.82, 2.24) is 14.7 Å². The second-order valence-corrected chi connectivity index (χ2v) is 5.22. The normalized spacial score (nSPS) is 25.2. The molecule has 0 saturated carbocycles. The number of piperidine rings is 1. The zero-order chi connectivity index (χ0) is 13.1. The second-order valence-electron chi connectivity index (χ2n) is 5.22. The van der Waals surface area contributed by atoms with Gasteiger partial charge in [-0.1, -0.05) is 0 Å². The molecule has 2 rings (SSSR count). The molecule has 0 radical (unpaired) electrons. The van der Waals surface area contributed by atoms with Gasteiger partial charge in [-0.25, -0.2) is 0 Å². The van der Waals surface area contributed by atoms with Gasteiger partial charge in [0.25, 0.3) is 0 Å². The molecule has 0 amide bonds. The van der Waals surface area contributed by atoms with Gasteiger partial charge in [-0.2, -0.15) is 5.10 Å². The molecule has 1 aromatic rings. The summed E-state index contributed by atoms with van der Waals surface area (Å²) in [5, 5.41) is 13.2. The molecule has 1 aliphatic rings. The molecule has 100 valence electrons. The lowest BCUT2D eigenvalue weighted by Crippen LogP contribution is -2.43. The van der Waals surface area contributed by atoms with E-state index in [4.69, 9.17) is 5.11 Å². The Balaban J connectivity index is 1.82. The van der Waals surface area contributed by atoms with E-state index in [0.717, 1.165) is 32.4 Å². The van der Waals surface area contributed by atoms with Crippen molar-refractivity contribution in [3.05, 3.63) is 18.0 Å². The molecule has 2 heterocycles. The minimum absolute atomic E-state index is 0.158. The molecule has 0 bridgehead atoms. The summed E-state index contributed by atoms with van der Waals surface area (Å²) in [4.78, 5) is 13.3. The summed E-state index contributed by atoms with van der Waals surface area (Å²) in [6.45, 7) is 4.00. The summed E-state index contributed by atoms with van der Waals surface area (Å²) in [5.74, 6) is -0.802. The van der Waals surface area contributed by atoms with E-state index < -0.39 is 5.97 Å². The fourth-order valence-electron chi connectivity index (χ4n) is 2.65. The average Bonchev–Trinajstić information content (AvgIpc) is 2.73. The number of carbonyl (C=O) groups is 1. The van der Waals surface area contributed by atoms with Crippen LogP contribution in [0.5, 0.6) is 0 Å². The molecule has 0 spiro atoms. The third-order valence-corrected chi connectivity index (χ3v) is 3.81. The summed E-state index contributed by atoms with van der Waals surface area (Å²) >= 11 is 0. The first-order valence-electron chi connectivity index (χ1n) is 6.50. The Morgan fingerprint density at radius 1 is 1.61 bits per heavy atom. The maximum absolute atomic E-state index is 11.0. The minimum Gasteiger partial charge on any atom is -0.481 e. The monoisotopic (exact) mass is 251 g/mol. The quantitative estimate of drug-likeness (QED) is 0.872. The van der Waals surface area contributed by atoms with E-state index in [1.807, 2.05) is 24.1 Å². The van der Waals surface area contributed by atoms with E-state index in [2.05, 4.69) is 16.9 Å². The largest absolute Gasteiger partial charge is 0.481 e. The van der Waals surface area contributed by atoms with Crippen molar-refractivity contribution in [3.8, 4) is 0 Å². The number of hydrogen-bond donors (Lipinski definition) is 1. The number of aromatic nitrogens is 2. The van der Waals surface area contributed by atoms with E-state index in [0.29, 0.717) is 6.04 Å². The van der Waals surface area contributed by atoms with E-state index in [-0.39, 0.29) is 5.92 Å². The molecule has 2 unspecified atom stereocenters. The molecule has 1 aromatic heterocycles. The van der Waals surface area contributed by atoms with Crippen molar-refractivity contribution in [2.24, 2.45) is 13.0 Å². The molecule has 0 aromatic carbocycles. The van der Waals surface area contributed by atoms with Crippen LogP contribution in [0.4, 0.5) is 0 Å². The van der Waals surface area contributed by atoms with Gasteiger partial charge in [0.2, 0.25) is 0 Å². The Bertz CT molecular complexity index is 416. The smallest absolute Gasteiger partial charge is 0.306 e. The van der Waals surface area contributed by atoms with Crippen molar-refractivity contribution in [1.29, 1.82) is 0 Å². The number of nitrogens with zero attached hydrogens (tertiary/aromatic N) is 3. The summed E-state index contributed by atoms with van der Waals surface area (Å²) in [5.41, 5.74) is 1.24. The van der Waals surface area contributed by atoms with E-state index in [9.17, 15) is 4.79 Å². The van der Waals surface area contributed by atoms with E-state index in [1.54, 1.807) is 0 Å². The Morgan fingerprint density at radius 3 is 2.94 bits per heavy atom. The molecular formula is C13H21N3O2. The number of rotatable bonds is 4. The van der Waals surface area contributed by atoms with Crippen molar-refractivity contribution >= 4 is 5.97 Å². The molecule has 18 heavy (non-hydrogen) atoms. The summed E-state index contributed by atoms with van der Waals surface area (Å²) < 4.78 is 1.81.